The summed E-state index contributed by atoms with van der Waals surface area (Å²) in [4.78, 5) is 23.6. The van der Waals surface area contributed by atoms with E-state index in [0.29, 0.717) is 24.7 Å². The lowest BCUT2D eigenvalue weighted by atomic mass is 10.1. The van der Waals surface area contributed by atoms with Crippen LogP contribution in [0.4, 0.5) is 0 Å². The van der Waals surface area contributed by atoms with Crippen molar-refractivity contribution < 1.29 is 19.1 Å². The monoisotopic (exact) mass is 470 g/mol. The molecule has 0 unspecified atom stereocenters. The number of hydrogen-bond donors (Lipinski definition) is 0. The van der Waals surface area contributed by atoms with Crippen LogP contribution in [0.2, 0.25) is 0 Å². The van der Waals surface area contributed by atoms with Crippen LogP contribution >= 0.6 is 23.5 Å². The summed E-state index contributed by atoms with van der Waals surface area (Å²) in [5, 5.41) is 0. The first kappa shape index (κ1) is 25.8. The van der Waals surface area contributed by atoms with E-state index in [9.17, 15) is 9.59 Å². The molecule has 0 heterocycles. The Morgan fingerprint density at radius 2 is 1.19 bits per heavy atom. The summed E-state index contributed by atoms with van der Waals surface area (Å²) in [7, 11) is 0. The Kier molecular flexibility index (Phi) is 12.4. The van der Waals surface area contributed by atoms with Crippen molar-refractivity contribution in [3.8, 4) is 0 Å². The summed E-state index contributed by atoms with van der Waals surface area (Å²) < 4.78 is 10.4. The molecule has 0 saturated heterocycles. The minimum atomic E-state index is -0.368. The third kappa shape index (κ3) is 10.7. The van der Waals surface area contributed by atoms with Crippen molar-refractivity contribution in [2.75, 3.05) is 24.7 Å². The van der Waals surface area contributed by atoms with Crippen LogP contribution in [0, 0.1) is 0 Å². The number of hydrogen-bond acceptors (Lipinski definition) is 6. The molecule has 6 heteroatoms. The molecule has 0 atom stereocenters. The second kappa shape index (κ2) is 15.4. The fraction of sp³-hybridized carbons (Fsp3) is 0.308. The van der Waals surface area contributed by atoms with Crippen LogP contribution in [0.3, 0.4) is 0 Å². The van der Waals surface area contributed by atoms with Crippen LogP contribution in [-0.2, 0) is 30.6 Å². The summed E-state index contributed by atoms with van der Waals surface area (Å²) >= 11 is 3.40. The van der Waals surface area contributed by atoms with Gasteiger partial charge in [-0.15, -0.1) is 0 Å². The van der Waals surface area contributed by atoms with Gasteiger partial charge in [-0.1, -0.05) is 73.8 Å². The number of rotatable bonds is 15. The van der Waals surface area contributed by atoms with Gasteiger partial charge in [-0.05, 0) is 22.3 Å². The highest BCUT2D eigenvalue weighted by molar-refractivity contribution is 7.98. The second-order valence-corrected chi connectivity index (χ2v) is 9.15. The lowest BCUT2D eigenvalue weighted by Gasteiger charge is -2.07. The average Bonchev–Trinajstić information content (AvgIpc) is 2.82. The van der Waals surface area contributed by atoms with Gasteiger partial charge in [0.25, 0.3) is 0 Å². The first-order valence-corrected chi connectivity index (χ1v) is 12.8. The molecule has 0 N–H and O–H groups in total. The van der Waals surface area contributed by atoms with Gasteiger partial charge >= 0.3 is 11.9 Å². The SMILES string of the molecule is C=Cc1cccc(CSCCOC(=O)CCC(=O)OCCSCc2cccc(C=C)c2)c1. The lowest BCUT2D eigenvalue weighted by Crippen LogP contribution is -2.12. The molecule has 0 amide bonds. The van der Waals surface area contributed by atoms with Gasteiger partial charge in [0.1, 0.15) is 13.2 Å². The molecule has 0 aliphatic heterocycles. The minimum absolute atomic E-state index is 0.0480. The molecule has 0 aromatic heterocycles. The zero-order valence-corrected chi connectivity index (χ0v) is 19.9. The lowest BCUT2D eigenvalue weighted by molar-refractivity contribution is -0.149. The van der Waals surface area contributed by atoms with Crippen molar-refractivity contribution in [1.82, 2.24) is 0 Å². The number of ether oxygens (including phenoxy) is 2. The number of thioether (sulfide) groups is 2. The highest BCUT2D eigenvalue weighted by Crippen LogP contribution is 2.15. The molecule has 2 aromatic carbocycles. The standard InChI is InChI=1S/C26H30O4S2/c1-3-21-7-5-9-23(17-21)19-31-15-13-29-25(27)11-12-26(28)30-14-16-32-20-24-10-6-8-22(4-2)18-24/h3-10,17-18H,1-2,11-16,19-20H2. The fourth-order valence-electron chi connectivity index (χ4n) is 2.78. The topological polar surface area (TPSA) is 52.6 Å². The van der Waals surface area contributed by atoms with E-state index in [1.807, 2.05) is 36.4 Å². The molecule has 0 saturated carbocycles. The zero-order chi connectivity index (χ0) is 23.0. The predicted octanol–water partition coefficient (Wildman–Crippen LogP) is 6.01. The molecule has 0 fully saturated rings. The summed E-state index contributed by atoms with van der Waals surface area (Å²) in [6.45, 7) is 8.22. The van der Waals surface area contributed by atoms with Gasteiger partial charge in [0.05, 0.1) is 12.8 Å². The van der Waals surface area contributed by atoms with Crippen LogP contribution in [-0.4, -0.2) is 36.7 Å². The van der Waals surface area contributed by atoms with E-state index in [4.69, 9.17) is 9.47 Å². The molecule has 2 aromatic rings. The Hall–Kier alpha value is -2.44. The van der Waals surface area contributed by atoms with Gasteiger partial charge in [0.15, 0.2) is 0 Å². The number of carbonyl (C=O) groups excluding carboxylic acids is 2. The van der Waals surface area contributed by atoms with E-state index < -0.39 is 0 Å². The highest BCUT2D eigenvalue weighted by Gasteiger charge is 2.09. The van der Waals surface area contributed by atoms with Crippen LogP contribution in [0.15, 0.2) is 61.7 Å². The van der Waals surface area contributed by atoms with Gasteiger partial charge in [0.2, 0.25) is 0 Å². The Balaban J connectivity index is 1.47. The van der Waals surface area contributed by atoms with Crippen LogP contribution in [0.25, 0.3) is 12.2 Å². The average molecular weight is 471 g/mol. The zero-order valence-electron chi connectivity index (χ0n) is 18.3. The normalized spacial score (nSPS) is 10.4. The van der Waals surface area contributed by atoms with Crippen molar-refractivity contribution in [3.05, 3.63) is 83.9 Å². The first-order valence-electron chi connectivity index (χ1n) is 10.5. The van der Waals surface area contributed by atoms with E-state index >= 15 is 0 Å². The quantitative estimate of drug-likeness (QED) is 0.235. The minimum Gasteiger partial charge on any atom is -0.465 e. The van der Waals surface area contributed by atoms with Crippen molar-refractivity contribution >= 4 is 47.6 Å². The number of benzene rings is 2. The molecule has 0 bridgehead atoms. The molecule has 0 spiro atoms. The Morgan fingerprint density at radius 3 is 1.59 bits per heavy atom. The second-order valence-electron chi connectivity index (χ2n) is 6.94. The molecule has 0 aliphatic carbocycles. The Morgan fingerprint density at radius 1 is 0.750 bits per heavy atom. The molecule has 0 aliphatic rings. The van der Waals surface area contributed by atoms with Gasteiger partial charge < -0.3 is 9.47 Å². The van der Waals surface area contributed by atoms with Crippen LogP contribution in [0.5, 0.6) is 0 Å². The molecule has 170 valence electrons. The number of esters is 2. The van der Waals surface area contributed by atoms with Crippen molar-refractivity contribution in [2.45, 2.75) is 24.3 Å². The summed E-state index contributed by atoms with van der Waals surface area (Å²) in [6, 6.07) is 16.4. The smallest absolute Gasteiger partial charge is 0.306 e. The third-order valence-electron chi connectivity index (χ3n) is 4.43. The van der Waals surface area contributed by atoms with Crippen molar-refractivity contribution in [2.24, 2.45) is 0 Å². The van der Waals surface area contributed by atoms with E-state index in [2.05, 4.69) is 37.4 Å². The molecule has 4 nitrogen and oxygen atoms in total. The first-order chi connectivity index (χ1) is 15.6. The summed E-state index contributed by atoms with van der Waals surface area (Å²) in [5.41, 5.74) is 4.62. The largest absolute Gasteiger partial charge is 0.465 e. The van der Waals surface area contributed by atoms with E-state index in [0.717, 1.165) is 22.6 Å². The van der Waals surface area contributed by atoms with E-state index in [1.165, 1.54) is 11.1 Å². The van der Waals surface area contributed by atoms with E-state index in [-0.39, 0.29) is 24.8 Å². The maximum Gasteiger partial charge on any atom is 0.306 e. The Labute approximate surface area is 199 Å². The molecular formula is C26H30O4S2. The molecule has 0 radical (unpaired) electrons. The van der Waals surface area contributed by atoms with Crippen LogP contribution < -0.4 is 0 Å². The molecular weight excluding hydrogens is 440 g/mol. The van der Waals surface area contributed by atoms with E-state index in [1.54, 1.807) is 23.5 Å². The molecule has 2 rings (SSSR count). The van der Waals surface area contributed by atoms with Gasteiger partial charge in [-0.3, -0.25) is 9.59 Å². The summed E-state index contributed by atoms with van der Waals surface area (Å²) in [6.07, 6.45) is 3.74. The summed E-state index contributed by atoms with van der Waals surface area (Å²) in [5.74, 6) is 2.38. The number of carbonyl (C=O) groups is 2. The van der Waals surface area contributed by atoms with Crippen LogP contribution in [0.1, 0.15) is 35.1 Å². The highest BCUT2D eigenvalue weighted by atomic mass is 32.2. The van der Waals surface area contributed by atoms with Crippen molar-refractivity contribution in [3.63, 3.8) is 0 Å². The Bertz CT molecular complexity index is 821. The third-order valence-corrected chi connectivity index (χ3v) is 6.41. The maximum atomic E-state index is 11.8. The predicted molar refractivity (Wildman–Crippen MR) is 137 cm³/mol. The fourth-order valence-corrected chi connectivity index (χ4v) is 4.30. The van der Waals surface area contributed by atoms with Gasteiger partial charge in [-0.25, -0.2) is 0 Å². The van der Waals surface area contributed by atoms with Gasteiger partial charge in [-0.2, -0.15) is 23.5 Å². The maximum absolute atomic E-state index is 11.8. The van der Waals surface area contributed by atoms with Crippen molar-refractivity contribution in [1.29, 1.82) is 0 Å². The molecule has 32 heavy (non-hydrogen) atoms. The van der Waals surface area contributed by atoms with Gasteiger partial charge in [0, 0.05) is 23.0 Å².